The van der Waals surface area contributed by atoms with Gasteiger partial charge >= 0.3 is 0 Å². The summed E-state index contributed by atoms with van der Waals surface area (Å²) in [4.78, 5) is 14.6. The lowest BCUT2D eigenvalue weighted by Gasteiger charge is -2.22. The first kappa shape index (κ1) is 18.9. The summed E-state index contributed by atoms with van der Waals surface area (Å²) in [5, 5.41) is 7.10. The van der Waals surface area contributed by atoms with E-state index in [4.69, 9.17) is 11.6 Å². The Balaban J connectivity index is 1.79. The molecule has 26 heavy (non-hydrogen) atoms. The van der Waals surface area contributed by atoms with E-state index in [9.17, 15) is 13.2 Å². The first-order valence-electron chi connectivity index (χ1n) is 8.38. The van der Waals surface area contributed by atoms with Crippen LogP contribution in [0.25, 0.3) is 0 Å². The van der Waals surface area contributed by atoms with Gasteiger partial charge in [0.05, 0.1) is 22.0 Å². The third-order valence-corrected chi connectivity index (χ3v) is 7.00. The fraction of sp³-hybridized carbons (Fsp3) is 0.412. The minimum atomic E-state index is -3.65. The molecule has 0 atom stereocenters. The maximum absolute atomic E-state index is 13.0. The highest BCUT2D eigenvalue weighted by atomic mass is 35.5. The van der Waals surface area contributed by atoms with E-state index in [1.165, 1.54) is 4.31 Å². The number of aromatic amines is 1. The molecule has 2 aromatic rings. The summed E-state index contributed by atoms with van der Waals surface area (Å²) in [6, 6.07) is 6.89. The van der Waals surface area contributed by atoms with Gasteiger partial charge in [0, 0.05) is 26.2 Å². The second kappa shape index (κ2) is 7.38. The number of nitrogens with zero attached hydrogens (tertiary/aromatic N) is 3. The number of amides is 1. The molecule has 0 spiro atoms. The Kier molecular flexibility index (Phi) is 5.36. The van der Waals surface area contributed by atoms with Gasteiger partial charge in [-0.05, 0) is 32.4 Å². The Bertz CT molecular complexity index is 906. The molecule has 2 heterocycles. The van der Waals surface area contributed by atoms with Gasteiger partial charge in [-0.25, -0.2) is 8.42 Å². The molecular formula is C17H21ClN4O3S. The maximum Gasteiger partial charge on any atom is 0.255 e. The topological polar surface area (TPSA) is 86.4 Å². The van der Waals surface area contributed by atoms with E-state index >= 15 is 0 Å². The summed E-state index contributed by atoms with van der Waals surface area (Å²) >= 11 is 6.12. The van der Waals surface area contributed by atoms with Crippen LogP contribution >= 0.6 is 11.6 Å². The molecule has 140 valence electrons. The van der Waals surface area contributed by atoms with Gasteiger partial charge in [0.1, 0.15) is 4.90 Å². The molecule has 1 aromatic carbocycles. The Morgan fingerprint density at radius 2 is 1.88 bits per heavy atom. The highest BCUT2D eigenvalue weighted by molar-refractivity contribution is 7.89. The zero-order valence-electron chi connectivity index (χ0n) is 14.7. The lowest BCUT2D eigenvalue weighted by molar-refractivity contribution is 0.0764. The van der Waals surface area contributed by atoms with Crippen molar-refractivity contribution in [2.45, 2.75) is 25.2 Å². The summed E-state index contributed by atoms with van der Waals surface area (Å²) in [7, 11) is -3.65. The Labute approximate surface area is 158 Å². The number of hydrogen-bond donors (Lipinski definition) is 1. The largest absolute Gasteiger partial charge is 0.337 e. The summed E-state index contributed by atoms with van der Waals surface area (Å²) in [5.41, 5.74) is 1.42. The van der Waals surface area contributed by atoms with Gasteiger partial charge in [0.25, 0.3) is 5.91 Å². The number of hydrogen-bond acceptors (Lipinski definition) is 4. The van der Waals surface area contributed by atoms with Crippen molar-refractivity contribution in [1.82, 2.24) is 19.4 Å². The summed E-state index contributed by atoms with van der Waals surface area (Å²) in [6.45, 7) is 4.76. The van der Waals surface area contributed by atoms with Crippen LogP contribution in [0.4, 0.5) is 0 Å². The van der Waals surface area contributed by atoms with Crippen molar-refractivity contribution in [3.05, 3.63) is 46.2 Å². The lowest BCUT2D eigenvalue weighted by Crippen LogP contribution is -2.37. The van der Waals surface area contributed by atoms with Crippen LogP contribution in [0.15, 0.2) is 29.2 Å². The van der Waals surface area contributed by atoms with Gasteiger partial charge in [0.15, 0.2) is 0 Å². The average molecular weight is 397 g/mol. The van der Waals surface area contributed by atoms with Crippen LogP contribution in [0.1, 0.15) is 28.2 Å². The molecule has 9 heteroatoms. The van der Waals surface area contributed by atoms with Crippen molar-refractivity contribution < 1.29 is 13.2 Å². The van der Waals surface area contributed by atoms with E-state index in [0.717, 1.165) is 0 Å². The monoisotopic (exact) mass is 396 g/mol. The number of H-pyrrole nitrogens is 1. The van der Waals surface area contributed by atoms with E-state index in [1.807, 2.05) is 0 Å². The molecule has 0 bridgehead atoms. The summed E-state index contributed by atoms with van der Waals surface area (Å²) in [6.07, 6.45) is 0.561. The van der Waals surface area contributed by atoms with Crippen molar-refractivity contribution in [2.24, 2.45) is 0 Å². The minimum Gasteiger partial charge on any atom is -0.337 e. The molecule has 1 aliphatic rings. The molecule has 1 fully saturated rings. The van der Waals surface area contributed by atoms with Gasteiger partial charge in [-0.3, -0.25) is 9.89 Å². The maximum atomic E-state index is 13.0. The lowest BCUT2D eigenvalue weighted by atomic mass is 10.2. The molecule has 0 unspecified atom stereocenters. The Morgan fingerprint density at radius 1 is 1.15 bits per heavy atom. The van der Waals surface area contributed by atoms with Crippen molar-refractivity contribution in [2.75, 3.05) is 26.2 Å². The second-order valence-corrected chi connectivity index (χ2v) is 8.57. The second-order valence-electron chi connectivity index (χ2n) is 6.29. The molecule has 7 nitrogen and oxygen atoms in total. The van der Waals surface area contributed by atoms with Crippen molar-refractivity contribution in [3.63, 3.8) is 0 Å². The number of carbonyl (C=O) groups excluding carboxylic acids is 1. The van der Waals surface area contributed by atoms with Crippen molar-refractivity contribution in [1.29, 1.82) is 0 Å². The molecule has 0 radical (unpaired) electrons. The van der Waals surface area contributed by atoms with E-state index in [-0.39, 0.29) is 17.3 Å². The number of benzene rings is 1. The highest BCUT2D eigenvalue weighted by Crippen LogP contribution is 2.24. The number of carbonyl (C=O) groups is 1. The van der Waals surface area contributed by atoms with Gasteiger partial charge in [-0.15, -0.1) is 0 Å². The molecule has 3 rings (SSSR count). The molecule has 1 aromatic heterocycles. The van der Waals surface area contributed by atoms with Gasteiger partial charge in [0.2, 0.25) is 10.0 Å². The van der Waals surface area contributed by atoms with Crippen molar-refractivity contribution in [3.8, 4) is 0 Å². The zero-order valence-corrected chi connectivity index (χ0v) is 16.3. The van der Waals surface area contributed by atoms with Crippen LogP contribution in [0.3, 0.4) is 0 Å². The third kappa shape index (κ3) is 3.49. The van der Waals surface area contributed by atoms with E-state index in [2.05, 4.69) is 10.2 Å². The molecule has 1 N–H and O–H groups in total. The molecule has 1 aliphatic heterocycles. The average Bonchev–Trinajstić information content (AvgIpc) is 2.81. The Hall–Kier alpha value is -1.90. The molecular weight excluding hydrogens is 376 g/mol. The summed E-state index contributed by atoms with van der Waals surface area (Å²) < 4.78 is 27.4. The highest BCUT2D eigenvalue weighted by Gasteiger charge is 2.32. The van der Waals surface area contributed by atoms with Crippen LogP contribution < -0.4 is 0 Å². The van der Waals surface area contributed by atoms with Crippen LogP contribution in [-0.2, 0) is 10.0 Å². The SMILES string of the molecule is Cc1n[nH]c(C)c1S(=O)(=O)N1CCCN(C(=O)c2ccccc2Cl)CC1. The molecule has 1 saturated heterocycles. The standard InChI is InChI=1S/C17H21ClN4O3S/c1-12-16(13(2)20-19-12)26(24,25)22-9-5-8-21(10-11-22)17(23)14-6-3-4-7-15(14)18/h3-4,6-7H,5,8-11H2,1-2H3,(H,19,20). The zero-order chi connectivity index (χ0) is 18.9. The number of rotatable bonds is 3. The third-order valence-electron chi connectivity index (χ3n) is 4.50. The normalized spacial score (nSPS) is 16.5. The van der Waals surface area contributed by atoms with Crippen LogP contribution in [-0.4, -0.2) is 59.9 Å². The fourth-order valence-corrected chi connectivity index (χ4v) is 5.21. The van der Waals surface area contributed by atoms with Crippen LogP contribution in [0.5, 0.6) is 0 Å². The van der Waals surface area contributed by atoms with Crippen LogP contribution in [0.2, 0.25) is 5.02 Å². The quantitative estimate of drug-likeness (QED) is 0.861. The molecule has 0 aliphatic carbocycles. The Morgan fingerprint density at radius 3 is 2.54 bits per heavy atom. The summed E-state index contributed by atoms with van der Waals surface area (Å²) in [5.74, 6) is -0.175. The van der Waals surface area contributed by atoms with E-state index < -0.39 is 10.0 Å². The molecule has 0 saturated carbocycles. The van der Waals surface area contributed by atoms with Crippen LogP contribution in [0, 0.1) is 13.8 Å². The van der Waals surface area contributed by atoms with Crippen molar-refractivity contribution >= 4 is 27.5 Å². The van der Waals surface area contributed by atoms with E-state index in [1.54, 1.807) is 43.0 Å². The van der Waals surface area contributed by atoms with Gasteiger partial charge in [-0.2, -0.15) is 9.40 Å². The first-order chi connectivity index (χ1) is 12.3. The minimum absolute atomic E-state index is 0.175. The number of halogens is 1. The number of aryl methyl sites for hydroxylation is 2. The smallest absolute Gasteiger partial charge is 0.255 e. The van der Waals surface area contributed by atoms with Gasteiger partial charge < -0.3 is 4.90 Å². The van der Waals surface area contributed by atoms with Gasteiger partial charge in [-0.1, -0.05) is 23.7 Å². The number of sulfonamides is 1. The van der Waals surface area contributed by atoms with E-state index in [0.29, 0.717) is 48.0 Å². The number of nitrogens with one attached hydrogen (secondary N) is 1. The predicted octanol–water partition coefficient (Wildman–Crippen LogP) is 2.22. The predicted molar refractivity (Wildman–Crippen MR) is 98.8 cm³/mol. The number of aromatic nitrogens is 2. The first-order valence-corrected chi connectivity index (χ1v) is 10.2. The molecule has 1 amide bonds. The fourth-order valence-electron chi connectivity index (χ4n) is 3.19.